The Morgan fingerprint density at radius 2 is 1.36 bits per heavy atom. The first-order chi connectivity index (χ1) is 12.5. The van der Waals surface area contributed by atoms with Crippen molar-refractivity contribution in [2.45, 2.75) is 64.3 Å². The third-order valence-electron chi connectivity index (χ3n) is 2.96. The Labute approximate surface area is 168 Å². The van der Waals surface area contributed by atoms with Gasteiger partial charge in [-0.05, 0) is 51.2 Å². The number of halogens is 3. The lowest BCUT2D eigenvalue weighted by atomic mass is 10.3. The summed E-state index contributed by atoms with van der Waals surface area (Å²) in [6, 6.07) is 0. The van der Waals surface area contributed by atoms with Crippen molar-refractivity contribution >= 4 is 37.9 Å². The minimum absolute atomic E-state index is 0.0928. The lowest BCUT2D eigenvalue weighted by Crippen LogP contribution is -2.45. The molecule has 1 unspecified atom stereocenters. The summed E-state index contributed by atoms with van der Waals surface area (Å²) in [6.07, 6.45) is -2.73. The van der Waals surface area contributed by atoms with Gasteiger partial charge in [-0.25, -0.2) is 9.59 Å². The van der Waals surface area contributed by atoms with Crippen molar-refractivity contribution in [2.75, 3.05) is 13.2 Å². The van der Waals surface area contributed by atoms with Crippen LogP contribution < -0.4 is 0 Å². The molecule has 0 aromatic carbocycles. The number of hydrogen-bond acceptors (Lipinski definition) is 6. The summed E-state index contributed by atoms with van der Waals surface area (Å²) in [5.41, 5.74) is 0.104. The molecule has 164 valence electrons. The van der Waals surface area contributed by atoms with Gasteiger partial charge in [-0.2, -0.15) is 13.2 Å². The molecule has 0 aliphatic carbocycles. The first kappa shape index (κ1) is 27.0. The molecule has 0 aliphatic heterocycles. The largest absolute Gasteiger partial charge is 0.463 e. The van der Waals surface area contributed by atoms with E-state index >= 15 is 0 Å². The Bertz CT molecular complexity index is 525. The van der Waals surface area contributed by atoms with Gasteiger partial charge >= 0.3 is 27.4 Å². The fourth-order valence-corrected chi connectivity index (χ4v) is 10.3. The van der Waals surface area contributed by atoms with Gasteiger partial charge in [0.15, 0.2) is 23.2 Å². The molecule has 1 atom stereocenters. The van der Waals surface area contributed by atoms with Crippen LogP contribution >= 0.6 is 0 Å². The first-order valence-corrected chi connectivity index (χ1v) is 17.3. The van der Waals surface area contributed by atoms with Gasteiger partial charge in [0.2, 0.25) is 0 Å². The summed E-state index contributed by atoms with van der Waals surface area (Å²) in [4.78, 5) is 22.7. The zero-order valence-electron chi connectivity index (χ0n) is 17.5. The molecule has 28 heavy (non-hydrogen) atoms. The van der Waals surface area contributed by atoms with E-state index in [4.69, 9.17) is 13.0 Å². The minimum Gasteiger partial charge on any atom is -0.463 e. The van der Waals surface area contributed by atoms with Crippen molar-refractivity contribution < 1.29 is 40.5 Å². The first-order valence-electron chi connectivity index (χ1n) is 8.92. The summed E-state index contributed by atoms with van der Waals surface area (Å²) in [5.74, 6) is -2.09. The molecule has 12 heteroatoms. The number of hydrogen-bond donors (Lipinski definition) is 0. The van der Waals surface area contributed by atoms with E-state index in [-0.39, 0.29) is 12.1 Å². The zero-order valence-corrected chi connectivity index (χ0v) is 20.7. The van der Waals surface area contributed by atoms with Gasteiger partial charge in [-0.15, -0.1) is 0 Å². The molecule has 0 heterocycles. The van der Waals surface area contributed by atoms with E-state index in [0.29, 0.717) is 12.5 Å². The van der Waals surface area contributed by atoms with Crippen molar-refractivity contribution in [1.29, 1.82) is 0 Å². The third kappa shape index (κ3) is 16.0. The van der Waals surface area contributed by atoms with Crippen LogP contribution in [-0.2, 0) is 27.3 Å². The number of carbonyl (C=O) groups excluding carboxylic acids is 2. The fraction of sp³-hybridized carbons (Fsp3) is 0.750. The fourth-order valence-electron chi connectivity index (χ4n) is 1.82. The van der Waals surface area contributed by atoms with Crippen LogP contribution in [0.1, 0.15) is 13.3 Å². The Morgan fingerprint density at radius 1 is 0.929 bits per heavy atom. The molecule has 0 aliphatic rings. The van der Waals surface area contributed by atoms with Crippen molar-refractivity contribution in [3.8, 4) is 0 Å². The number of esters is 2. The molecule has 0 aromatic heterocycles. The summed E-state index contributed by atoms with van der Waals surface area (Å²) >= 11 is 0. The Balaban J connectivity index is 4.47. The standard InChI is InChI=1S/C16H31F3O6Si3/c1-13(26(24-27(2,3)4)25-28(5,6)7)10-11-22-14(20)8-9-15(21)23-12-16(17,18)19/h8-9,13,26H,10-12H2,1-7H3/b9-8+. The molecular weight excluding hydrogens is 429 g/mol. The van der Waals surface area contributed by atoms with Crippen molar-refractivity contribution in [3.63, 3.8) is 0 Å². The molecule has 0 aromatic rings. The van der Waals surface area contributed by atoms with Gasteiger partial charge in [-0.1, -0.05) is 6.92 Å². The molecule has 0 fully saturated rings. The van der Waals surface area contributed by atoms with E-state index in [1.807, 2.05) is 6.92 Å². The maximum atomic E-state index is 11.9. The van der Waals surface area contributed by atoms with Gasteiger partial charge in [0.25, 0.3) is 0 Å². The number of rotatable bonds is 11. The summed E-state index contributed by atoms with van der Waals surface area (Å²) in [5, 5.41) is 0. The highest BCUT2D eigenvalue weighted by atomic mass is 28.4. The van der Waals surface area contributed by atoms with Gasteiger partial charge in [0, 0.05) is 12.2 Å². The van der Waals surface area contributed by atoms with Crippen LogP contribution in [-0.4, -0.2) is 57.2 Å². The second kappa shape index (κ2) is 11.3. The maximum Gasteiger partial charge on any atom is 0.422 e. The highest BCUT2D eigenvalue weighted by molar-refractivity contribution is 6.81. The van der Waals surface area contributed by atoms with E-state index in [1.54, 1.807) is 0 Å². The average Bonchev–Trinajstić information content (AvgIpc) is 2.46. The Hall–Kier alpha value is -0.959. The van der Waals surface area contributed by atoms with Crippen LogP contribution in [0.5, 0.6) is 0 Å². The molecule has 0 radical (unpaired) electrons. The molecule has 0 spiro atoms. The van der Waals surface area contributed by atoms with Gasteiger partial charge < -0.3 is 17.7 Å². The number of alkyl halides is 3. The monoisotopic (exact) mass is 460 g/mol. The summed E-state index contributed by atoms with van der Waals surface area (Å²) in [7, 11) is -5.53. The van der Waals surface area contributed by atoms with Gasteiger partial charge in [0.05, 0.1) is 6.61 Å². The average molecular weight is 461 g/mol. The minimum atomic E-state index is -4.61. The van der Waals surface area contributed by atoms with E-state index in [0.717, 1.165) is 6.08 Å². The predicted octanol–water partition coefficient (Wildman–Crippen LogP) is 3.90. The second-order valence-corrected chi connectivity index (χ2v) is 20.5. The van der Waals surface area contributed by atoms with Crippen LogP contribution in [0.15, 0.2) is 12.2 Å². The van der Waals surface area contributed by atoms with Crippen molar-refractivity contribution in [1.82, 2.24) is 0 Å². The number of carbonyl (C=O) groups is 2. The van der Waals surface area contributed by atoms with Crippen LogP contribution in [0.3, 0.4) is 0 Å². The van der Waals surface area contributed by atoms with Crippen molar-refractivity contribution in [2.24, 2.45) is 0 Å². The normalized spacial score (nSPS) is 14.4. The molecule has 0 saturated heterocycles. The van der Waals surface area contributed by atoms with Gasteiger partial charge in [0.1, 0.15) is 0 Å². The Kier molecular flexibility index (Phi) is 10.9. The zero-order chi connectivity index (χ0) is 22.2. The molecule has 0 N–H and O–H groups in total. The highest BCUT2D eigenvalue weighted by Gasteiger charge is 2.33. The van der Waals surface area contributed by atoms with E-state index in [1.165, 1.54) is 0 Å². The van der Waals surface area contributed by atoms with E-state index < -0.39 is 50.6 Å². The number of ether oxygens (including phenoxy) is 2. The highest BCUT2D eigenvalue weighted by Crippen LogP contribution is 2.23. The molecule has 0 amide bonds. The molecule has 0 bridgehead atoms. The summed E-state index contributed by atoms with van der Waals surface area (Å²) in [6.45, 7) is 12.9. The van der Waals surface area contributed by atoms with Crippen molar-refractivity contribution in [3.05, 3.63) is 12.2 Å². The summed E-state index contributed by atoms with van der Waals surface area (Å²) < 4.78 is 57.2. The third-order valence-corrected chi connectivity index (χ3v) is 11.7. The van der Waals surface area contributed by atoms with E-state index in [2.05, 4.69) is 44.0 Å². The molecule has 6 nitrogen and oxygen atoms in total. The second-order valence-electron chi connectivity index (χ2n) is 8.32. The predicted molar refractivity (Wildman–Crippen MR) is 107 cm³/mol. The topological polar surface area (TPSA) is 71.1 Å². The van der Waals surface area contributed by atoms with E-state index in [9.17, 15) is 22.8 Å². The quantitative estimate of drug-likeness (QED) is 0.265. The van der Waals surface area contributed by atoms with Crippen LogP contribution in [0.25, 0.3) is 0 Å². The molecular formula is C16H31F3O6Si3. The van der Waals surface area contributed by atoms with Crippen LogP contribution in [0, 0.1) is 0 Å². The Morgan fingerprint density at radius 3 is 1.75 bits per heavy atom. The molecule has 0 rings (SSSR count). The van der Waals surface area contributed by atoms with Crippen LogP contribution in [0.2, 0.25) is 44.8 Å². The van der Waals surface area contributed by atoms with Gasteiger partial charge in [-0.3, -0.25) is 0 Å². The SMILES string of the molecule is CC(CCOC(=O)/C=C/C(=O)OCC(F)(F)F)[SiH](O[Si](C)(C)C)O[Si](C)(C)C. The molecule has 0 saturated carbocycles. The lowest BCUT2D eigenvalue weighted by Gasteiger charge is -2.33. The smallest absolute Gasteiger partial charge is 0.422 e. The lowest BCUT2D eigenvalue weighted by molar-refractivity contribution is -0.182. The maximum absolute atomic E-state index is 11.9. The van der Waals surface area contributed by atoms with Crippen LogP contribution in [0.4, 0.5) is 13.2 Å².